The SMILES string of the molecule is CNC(=O)c1c(-c2ccc(F)cc2)oc2cc(N(C)S(C)(=O)=O)c(-c3ccc4nc(CN5CC[C@@H](O)C5)n5c6cccc(F)c6cc5c4n3)cc12. The van der Waals surface area contributed by atoms with Gasteiger partial charge in [0.15, 0.2) is 0 Å². The van der Waals surface area contributed by atoms with Gasteiger partial charge in [0.1, 0.15) is 34.3 Å². The number of aliphatic hydroxyl groups is 1. The second kappa shape index (κ2) is 12.1. The van der Waals surface area contributed by atoms with E-state index in [9.17, 15) is 22.7 Å². The molecule has 1 saturated heterocycles. The van der Waals surface area contributed by atoms with E-state index in [1.54, 1.807) is 36.4 Å². The number of anilines is 1. The first-order valence-corrected chi connectivity index (χ1v) is 18.1. The van der Waals surface area contributed by atoms with Crippen molar-refractivity contribution in [3.8, 4) is 22.6 Å². The molecule has 0 unspecified atom stereocenters. The molecule has 1 atom stereocenters. The monoisotopic (exact) mass is 710 g/mol. The van der Waals surface area contributed by atoms with Gasteiger partial charge in [-0.25, -0.2) is 27.2 Å². The second-order valence-corrected chi connectivity index (χ2v) is 14.8. The molecule has 1 amide bonds. The number of nitrogens with zero attached hydrogens (tertiary/aromatic N) is 5. The molecule has 3 aromatic carbocycles. The highest BCUT2D eigenvalue weighted by atomic mass is 32.2. The lowest BCUT2D eigenvalue weighted by Crippen LogP contribution is -2.25. The fourth-order valence-corrected chi connectivity index (χ4v) is 7.42. The Kier molecular flexibility index (Phi) is 7.78. The smallest absolute Gasteiger partial charge is 0.255 e. The number of hydrogen-bond acceptors (Lipinski definition) is 8. The average Bonchev–Trinajstić information content (AvgIpc) is 3.82. The van der Waals surface area contributed by atoms with Gasteiger partial charge >= 0.3 is 0 Å². The minimum absolute atomic E-state index is 0.184. The zero-order chi connectivity index (χ0) is 35.8. The molecule has 14 heteroatoms. The van der Waals surface area contributed by atoms with Crippen LogP contribution in [0.25, 0.3) is 61.0 Å². The molecule has 0 aliphatic carbocycles. The number of rotatable bonds is 7. The van der Waals surface area contributed by atoms with Crippen molar-refractivity contribution < 1.29 is 31.5 Å². The highest BCUT2D eigenvalue weighted by molar-refractivity contribution is 7.92. The molecule has 0 spiro atoms. The number of furan rings is 1. The Labute approximate surface area is 290 Å². The molecule has 1 aliphatic rings. The molecular weight excluding hydrogens is 679 g/mol. The van der Waals surface area contributed by atoms with Crippen LogP contribution in [-0.4, -0.2) is 78.2 Å². The van der Waals surface area contributed by atoms with Gasteiger partial charge in [0.25, 0.3) is 5.91 Å². The van der Waals surface area contributed by atoms with Crippen LogP contribution in [0.4, 0.5) is 14.5 Å². The number of carbonyl (C=O) groups is 1. The molecule has 1 fully saturated rings. The van der Waals surface area contributed by atoms with E-state index in [-0.39, 0.29) is 22.6 Å². The Morgan fingerprint density at radius 1 is 1.04 bits per heavy atom. The number of aromatic nitrogens is 3. The molecule has 4 aromatic heterocycles. The predicted molar refractivity (Wildman–Crippen MR) is 191 cm³/mol. The first kappa shape index (κ1) is 32.7. The van der Waals surface area contributed by atoms with Crippen LogP contribution in [0, 0.1) is 11.6 Å². The van der Waals surface area contributed by atoms with Crippen molar-refractivity contribution >= 4 is 60.0 Å². The van der Waals surface area contributed by atoms with Gasteiger partial charge in [-0.1, -0.05) is 6.07 Å². The van der Waals surface area contributed by atoms with Gasteiger partial charge in [-0.15, -0.1) is 0 Å². The maximum atomic E-state index is 15.2. The minimum Gasteiger partial charge on any atom is -0.455 e. The second-order valence-electron chi connectivity index (χ2n) is 12.8. The first-order valence-electron chi connectivity index (χ1n) is 16.2. The van der Waals surface area contributed by atoms with E-state index in [1.807, 2.05) is 10.5 Å². The number of pyridine rings is 1. The van der Waals surface area contributed by atoms with E-state index in [0.717, 1.165) is 10.6 Å². The van der Waals surface area contributed by atoms with Crippen LogP contribution in [0.3, 0.4) is 0 Å². The highest BCUT2D eigenvalue weighted by Gasteiger charge is 2.28. The van der Waals surface area contributed by atoms with Crippen LogP contribution >= 0.6 is 0 Å². The summed E-state index contributed by atoms with van der Waals surface area (Å²) >= 11 is 0. The number of benzene rings is 3. The number of hydrogen-bond donors (Lipinski definition) is 2. The van der Waals surface area contributed by atoms with Gasteiger partial charge in [0.2, 0.25) is 10.0 Å². The molecule has 0 bridgehead atoms. The average molecular weight is 711 g/mol. The zero-order valence-corrected chi connectivity index (χ0v) is 28.6. The van der Waals surface area contributed by atoms with Gasteiger partial charge in [-0.2, -0.15) is 0 Å². The van der Waals surface area contributed by atoms with Crippen LogP contribution < -0.4 is 9.62 Å². The molecule has 11 nitrogen and oxygen atoms in total. The molecule has 0 saturated carbocycles. The van der Waals surface area contributed by atoms with Crippen molar-refractivity contribution in [2.24, 2.45) is 0 Å². The van der Waals surface area contributed by atoms with E-state index in [4.69, 9.17) is 14.4 Å². The molecule has 8 rings (SSSR count). The van der Waals surface area contributed by atoms with E-state index >= 15 is 4.39 Å². The highest BCUT2D eigenvalue weighted by Crippen LogP contribution is 2.41. The van der Waals surface area contributed by atoms with Gasteiger partial charge < -0.3 is 14.8 Å². The fraction of sp³-hybridized carbons (Fsp3) is 0.216. The summed E-state index contributed by atoms with van der Waals surface area (Å²) in [5.74, 6) is -0.471. The lowest BCUT2D eigenvalue weighted by Gasteiger charge is -2.21. The van der Waals surface area contributed by atoms with Crippen molar-refractivity contribution in [2.45, 2.75) is 19.1 Å². The van der Waals surface area contributed by atoms with Crippen molar-refractivity contribution in [1.29, 1.82) is 0 Å². The number of sulfonamides is 1. The summed E-state index contributed by atoms with van der Waals surface area (Å²) in [5, 5.41) is 13.6. The van der Waals surface area contributed by atoms with Crippen LogP contribution in [0.2, 0.25) is 0 Å². The lowest BCUT2D eigenvalue weighted by molar-refractivity contribution is 0.0964. The molecule has 51 heavy (non-hydrogen) atoms. The normalized spacial score (nSPS) is 15.5. The summed E-state index contributed by atoms with van der Waals surface area (Å²) in [4.78, 5) is 25.5. The summed E-state index contributed by atoms with van der Waals surface area (Å²) in [6.07, 6.45) is 1.30. The van der Waals surface area contributed by atoms with Crippen LogP contribution in [0.5, 0.6) is 0 Å². The summed E-state index contributed by atoms with van der Waals surface area (Å²) in [6.45, 7) is 1.62. The Hall–Kier alpha value is -5.44. The maximum absolute atomic E-state index is 15.2. The zero-order valence-electron chi connectivity index (χ0n) is 27.8. The van der Waals surface area contributed by atoms with Gasteiger partial charge in [0, 0.05) is 55.2 Å². The standard InChI is InChI=1S/C37H32F2N6O5S/c1-40-37(47)34-25-15-24(30(43(2)51(3,48)49)17-32(25)50-36(34)20-7-9-21(38)10-8-20)27-11-12-28-35(42-27)31-16-23-26(39)5-4-6-29(23)45(31)33(41-28)19-44-14-13-22(46)18-44/h4-12,15-17,22,46H,13-14,18-19H2,1-3H3,(H,40,47)/t22-/m1/s1. The molecule has 1 aliphatic heterocycles. The Morgan fingerprint density at radius 3 is 2.53 bits per heavy atom. The number of β-amino-alcohol motifs (C(OH)–C–C–N with tert-alkyl or cyclic N) is 1. The number of nitrogens with one attached hydrogen (secondary N) is 1. The van der Waals surface area contributed by atoms with Crippen LogP contribution in [-0.2, 0) is 16.6 Å². The van der Waals surface area contributed by atoms with Gasteiger partial charge in [-0.3, -0.25) is 18.4 Å². The van der Waals surface area contributed by atoms with Crippen LogP contribution in [0.1, 0.15) is 22.6 Å². The molecule has 0 radical (unpaired) electrons. The Balaban J connectivity index is 1.39. The van der Waals surface area contributed by atoms with E-state index in [1.165, 1.54) is 44.4 Å². The molecule has 2 N–H and O–H groups in total. The third-order valence-electron chi connectivity index (χ3n) is 9.51. The maximum Gasteiger partial charge on any atom is 0.255 e. The summed E-state index contributed by atoms with van der Waals surface area (Å²) in [6, 6.07) is 18.8. The van der Waals surface area contributed by atoms with Crippen molar-refractivity contribution in [2.75, 3.05) is 37.7 Å². The van der Waals surface area contributed by atoms with Crippen molar-refractivity contribution in [1.82, 2.24) is 24.6 Å². The number of carbonyl (C=O) groups excluding carboxylic acids is 1. The van der Waals surface area contributed by atoms with Crippen molar-refractivity contribution in [3.05, 3.63) is 95.8 Å². The quantitative estimate of drug-likeness (QED) is 0.215. The predicted octanol–water partition coefficient (Wildman–Crippen LogP) is 5.72. The van der Waals surface area contributed by atoms with Crippen molar-refractivity contribution in [3.63, 3.8) is 0 Å². The fourth-order valence-electron chi connectivity index (χ4n) is 6.91. The molecular formula is C37H32F2N6O5S. The van der Waals surface area contributed by atoms with Gasteiger partial charge in [-0.05, 0) is 67.1 Å². The number of aliphatic hydroxyl groups excluding tert-OH is 1. The number of likely N-dealkylation sites (tertiary alicyclic amines) is 1. The number of halogens is 2. The lowest BCUT2D eigenvalue weighted by atomic mass is 10.0. The summed E-state index contributed by atoms with van der Waals surface area (Å²) in [5.41, 5.74) is 4.06. The van der Waals surface area contributed by atoms with E-state index in [0.29, 0.717) is 81.5 Å². The topological polar surface area (TPSA) is 133 Å². The molecule has 7 aromatic rings. The summed E-state index contributed by atoms with van der Waals surface area (Å²) < 4.78 is 64.1. The summed E-state index contributed by atoms with van der Waals surface area (Å²) in [7, 11) is -0.901. The molecule has 260 valence electrons. The third-order valence-corrected chi connectivity index (χ3v) is 10.7. The van der Waals surface area contributed by atoms with Crippen LogP contribution in [0.15, 0.2) is 77.2 Å². The molecule has 5 heterocycles. The largest absolute Gasteiger partial charge is 0.455 e. The Bertz CT molecular complexity index is 2660. The Morgan fingerprint density at radius 2 is 1.82 bits per heavy atom. The van der Waals surface area contributed by atoms with E-state index < -0.39 is 33.7 Å². The first-order chi connectivity index (χ1) is 24.4. The third kappa shape index (κ3) is 5.55. The number of fused-ring (bicyclic) bond motifs is 6. The van der Waals surface area contributed by atoms with Gasteiger partial charge in [0.05, 0.1) is 52.4 Å². The van der Waals surface area contributed by atoms with E-state index in [2.05, 4.69) is 10.2 Å². The number of amides is 1. The minimum atomic E-state index is -3.79.